The van der Waals surface area contributed by atoms with Gasteiger partial charge in [-0.25, -0.2) is 9.07 Å². The van der Waals surface area contributed by atoms with Crippen molar-refractivity contribution in [2.24, 2.45) is 0 Å². The number of tetrazole rings is 1. The highest BCUT2D eigenvalue weighted by molar-refractivity contribution is 5.56. The van der Waals surface area contributed by atoms with Gasteiger partial charge in [0.1, 0.15) is 11.9 Å². The molecule has 2 fully saturated rings. The van der Waals surface area contributed by atoms with Crippen LogP contribution < -0.4 is 4.90 Å². The molecule has 6 nitrogen and oxygen atoms in total. The molecule has 1 atom stereocenters. The molecule has 32 heavy (non-hydrogen) atoms. The minimum atomic E-state index is -0.285. The number of aryl methyl sites for hydroxylation is 1. The zero-order valence-electron chi connectivity index (χ0n) is 18.9. The van der Waals surface area contributed by atoms with Crippen LogP contribution in [-0.2, 0) is 0 Å². The summed E-state index contributed by atoms with van der Waals surface area (Å²) in [7, 11) is 0. The Morgan fingerprint density at radius 2 is 1.69 bits per heavy atom. The van der Waals surface area contributed by atoms with Crippen molar-refractivity contribution >= 4 is 5.69 Å². The Balaban J connectivity index is 1.45. The van der Waals surface area contributed by atoms with E-state index in [9.17, 15) is 0 Å². The molecule has 168 valence electrons. The second-order valence-electron chi connectivity index (χ2n) is 9.09. The van der Waals surface area contributed by atoms with Gasteiger partial charge in [-0.15, -0.1) is 5.10 Å². The molecule has 2 aliphatic rings. The van der Waals surface area contributed by atoms with Gasteiger partial charge in [-0.2, -0.15) is 0 Å². The highest BCUT2D eigenvalue weighted by atomic mass is 19.1. The summed E-state index contributed by atoms with van der Waals surface area (Å²) in [5.41, 5.74) is 4.59. The lowest BCUT2D eigenvalue weighted by Crippen LogP contribution is -2.48. The standard InChI is InChI=1S/C25H31FN6/c1-18-8-7-13-23(19(18)2)30-14-16-31(17-15-30)24(21-11-5-6-12-22(21)26)25-27-28-29-32(25)20-9-3-4-10-20/h5-8,11-13,20,24H,3-4,9-10,14-17H2,1-2H3/t24-/m1/s1. The van der Waals surface area contributed by atoms with Gasteiger partial charge in [-0.05, 0) is 60.4 Å². The van der Waals surface area contributed by atoms with Gasteiger partial charge in [0.2, 0.25) is 0 Å². The molecular weight excluding hydrogens is 403 g/mol. The number of halogens is 1. The fourth-order valence-electron chi connectivity index (χ4n) is 5.28. The van der Waals surface area contributed by atoms with Crippen molar-refractivity contribution in [1.82, 2.24) is 25.1 Å². The van der Waals surface area contributed by atoms with E-state index < -0.39 is 0 Å². The van der Waals surface area contributed by atoms with Crippen LogP contribution in [0.5, 0.6) is 0 Å². The van der Waals surface area contributed by atoms with Crippen LogP contribution in [0.4, 0.5) is 10.1 Å². The molecule has 5 rings (SSSR count). The average Bonchev–Trinajstić information content (AvgIpc) is 3.50. The summed E-state index contributed by atoms with van der Waals surface area (Å²) in [4.78, 5) is 4.79. The molecule has 0 spiro atoms. The molecule has 7 heteroatoms. The first kappa shape index (κ1) is 21.1. The van der Waals surface area contributed by atoms with Crippen molar-refractivity contribution < 1.29 is 4.39 Å². The van der Waals surface area contributed by atoms with Crippen molar-refractivity contribution in [2.45, 2.75) is 51.6 Å². The lowest BCUT2D eigenvalue weighted by molar-refractivity contribution is 0.194. The number of rotatable bonds is 5. The van der Waals surface area contributed by atoms with E-state index in [0.717, 1.165) is 44.8 Å². The maximum Gasteiger partial charge on any atom is 0.173 e. The van der Waals surface area contributed by atoms with E-state index in [1.165, 1.54) is 29.7 Å². The summed E-state index contributed by atoms with van der Waals surface area (Å²) in [6, 6.07) is 13.6. The van der Waals surface area contributed by atoms with E-state index >= 15 is 4.39 Å². The van der Waals surface area contributed by atoms with Gasteiger partial charge in [0.25, 0.3) is 0 Å². The molecule has 2 aromatic carbocycles. The predicted molar refractivity (Wildman–Crippen MR) is 123 cm³/mol. The molecule has 0 amide bonds. The summed E-state index contributed by atoms with van der Waals surface area (Å²) in [5.74, 6) is 0.567. The molecule has 1 aliphatic carbocycles. The van der Waals surface area contributed by atoms with Gasteiger partial charge in [0.05, 0.1) is 6.04 Å². The Hall–Kier alpha value is -2.80. The first-order valence-corrected chi connectivity index (χ1v) is 11.7. The van der Waals surface area contributed by atoms with E-state index in [2.05, 4.69) is 57.4 Å². The number of nitrogens with zero attached hydrogens (tertiary/aromatic N) is 6. The van der Waals surface area contributed by atoms with Gasteiger partial charge < -0.3 is 4.90 Å². The molecular formula is C25H31FN6. The molecule has 0 bridgehead atoms. The van der Waals surface area contributed by atoms with Gasteiger partial charge in [0.15, 0.2) is 5.82 Å². The van der Waals surface area contributed by atoms with Gasteiger partial charge in [0, 0.05) is 37.4 Å². The van der Waals surface area contributed by atoms with Gasteiger partial charge in [-0.1, -0.05) is 43.2 Å². The van der Waals surface area contributed by atoms with Crippen LogP contribution in [-0.4, -0.2) is 51.3 Å². The molecule has 1 saturated heterocycles. The Kier molecular flexibility index (Phi) is 5.91. The lowest BCUT2D eigenvalue weighted by Gasteiger charge is -2.40. The highest BCUT2D eigenvalue weighted by Gasteiger charge is 2.34. The number of hydrogen-bond donors (Lipinski definition) is 0. The predicted octanol–water partition coefficient (Wildman–Crippen LogP) is 4.46. The average molecular weight is 435 g/mol. The topological polar surface area (TPSA) is 50.1 Å². The number of piperazine rings is 1. The van der Waals surface area contributed by atoms with E-state index in [0.29, 0.717) is 11.6 Å². The summed E-state index contributed by atoms with van der Waals surface area (Å²) in [6.45, 7) is 7.77. The Bertz CT molecular complexity index is 1070. The summed E-state index contributed by atoms with van der Waals surface area (Å²) in [5, 5.41) is 12.8. The van der Waals surface area contributed by atoms with Crippen LogP contribution in [0.3, 0.4) is 0 Å². The van der Waals surface area contributed by atoms with Crippen LogP contribution in [0.25, 0.3) is 0 Å². The summed E-state index contributed by atoms with van der Waals surface area (Å²) >= 11 is 0. The minimum absolute atomic E-state index is 0.199. The Morgan fingerprint density at radius 1 is 0.938 bits per heavy atom. The molecule has 1 aromatic heterocycles. The molecule has 0 radical (unpaired) electrons. The number of benzene rings is 2. The zero-order valence-corrected chi connectivity index (χ0v) is 18.9. The lowest BCUT2D eigenvalue weighted by atomic mass is 10.0. The summed E-state index contributed by atoms with van der Waals surface area (Å²) < 4.78 is 17.0. The molecule has 0 N–H and O–H groups in total. The zero-order chi connectivity index (χ0) is 22.1. The Labute approximate surface area is 189 Å². The fourth-order valence-corrected chi connectivity index (χ4v) is 5.28. The first-order chi connectivity index (χ1) is 15.6. The van der Waals surface area contributed by atoms with Crippen LogP contribution >= 0.6 is 0 Å². The van der Waals surface area contributed by atoms with E-state index in [1.807, 2.05) is 16.8 Å². The monoisotopic (exact) mass is 434 g/mol. The van der Waals surface area contributed by atoms with Crippen molar-refractivity contribution in [2.75, 3.05) is 31.1 Å². The number of hydrogen-bond acceptors (Lipinski definition) is 5. The third-order valence-corrected chi connectivity index (χ3v) is 7.23. The largest absolute Gasteiger partial charge is 0.369 e. The third-order valence-electron chi connectivity index (χ3n) is 7.23. The van der Waals surface area contributed by atoms with Crippen molar-refractivity contribution in [1.29, 1.82) is 0 Å². The van der Waals surface area contributed by atoms with E-state index in [4.69, 9.17) is 0 Å². The maximum absolute atomic E-state index is 15.0. The number of aromatic nitrogens is 4. The fraction of sp³-hybridized carbons (Fsp3) is 0.480. The first-order valence-electron chi connectivity index (χ1n) is 11.7. The van der Waals surface area contributed by atoms with Crippen LogP contribution in [0.15, 0.2) is 42.5 Å². The molecule has 0 unspecified atom stereocenters. The van der Waals surface area contributed by atoms with E-state index in [1.54, 1.807) is 12.1 Å². The Morgan fingerprint density at radius 3 is 2.44 bits per heavy atom. The normalized spacial score (nSPS) is 18.9. The molecule has 1 aliphatic heterocycles. The summed E-state index contributed by atoms with van der Waals surface area (Å²) in [6.07, 6.45) is 4.57. The SMILES string of the molecule is Cc1cccc(N2CCN([C@H](c3ccccc3F)c3nnnn3C3CCCC3)CC2)c1C. The van der Waals surface area contributed by atoms with Crippen LogP contribution in [0.2, 0.25) is 0 Å². The van der Waals surface area contributed by atoms with Crippen LogP contribution in [0, 0.1) is 19.7 Å². The van der Waals surface area contributed by atoms with Gasteiger partial charge >= 0.3 is 0 Å². The van der Waals surface area contributed by atoms with Crippen molar-refractivity contribution in [3.8, 4) is 0 Å². The maximum atomic E-state index is 15.0. The third kappa shape index (κ3) is 3.90. The van der Waals surface area contributed by atoms with E-state index in [-0.39, 0.29) is 11.9 Å². The van der Waals surface area contributed by atoms with Crippen LogP contribution in [0.1, 0.15) is 60.3 Å². The molecule has 2 heterocycles. The van der Waals surface area contributed by atoms with Crippen molar-refractivity contribution in [3.05, 3.63) is 70.8 Å². The second kappa shape index (κ2) is 8.98. The highest BCUT2D eigenvalue weighted by Crippen LogP contribution is 2.35. The van der Waals surface area contributed by atoms with Crippen molar-refractivity contribution in [3.63, 3.8) is 0 Å². The minimum Gasteiger partial charge on any atom is -0.369 e. The molecule has 3 aromatic rings. The second-order valence-corrected chi connectivity index (χ2v) is 9.09. The smallest absolute Gasteiger partial charge is 0.173 e. The molecule has 1 saturated carbocycles. The van der Waals surface area contributed by atoms with Gasteiger partial charge in [-0.3, -0.25) is 4.90 Å². The number of anilines is 1. The quantitative estimate of drug-likeness (QED) is 0.594.